The van der Waals surface area contributed by atoms with Crippen LogP contribution in [-0.2, 0) is 4.79 Å². The Morgan fingerprint density at radius 2 is 2.00 bits per heavy atom. The van der Waals surface area contributed by atoms with E-state index in [-0.39, 0.29) is 12.0 Å². The maximum absolute atomic E-state index is 12.4. The monoisotopic (exact) mass is 386 g/mol. The molecule has 1 unspecified atom stereocenters. The van der Waals surface area contributed by atoms with Crippen LogP contribution in [0.4, 0.5) is 0 Å². The van der Waals surface area contributed by atoms with Gasteiger partial charge in [0.1, 0.15) is 6.61 Å². The van der Waals surface area contributed by atoms with E-state index in [0.717, 1.165) is 26.1 Å². The highest BCUT2D eigenvalue weighted by atomic mass is 32.2. The maximum atomic E-state index is 12.4. The second kappa shape index (κ2) is 7.55. The van der Waals surface area contributed by atoms with Crippen LogP contribution in [0.5, 0.6) is 11.5 Å². The fraction of sp³-hybridized carbons (Fsp3) is 0.263. The summed E-state index contributed by atoms with van der Waals surface area (Å²) < 4.78 is 13.7. The number of nitrogens with zero attached hydrogens (tertiary/aromatic N) is 2. The van der Waals surface area contributed by atoms with E-state index < -0.39 is 0 Å². The number of para-hydroxylation sites is 3. The van der Waals surface area contributed by atoms with Crippen molar-refractivity contribution in [2.24, 2.45) is 0 Å². The molecule has 0 saturated heterocycles. The summed E-state index contributed by atoms with van der Waals surface area (Å²) in [6.45, 7) is 0.938. The minimum absolute atomic E-state index is 0.0525. The molecule has 0 N–H and O–H groups in total. The van der Waals surface area contributed by atoms with Gasteiger partial charge in [-0.25, -0.2) is 4.98 Å². The molecular weight excluding hydrogens is 368 g/mol. The van der Waals surface area contributed by atoms with Gasteiger partial charge >= 0.3 is 0 Å². The van der Waals surface area contributed by atoms with E-state index in [9.17, 15) is 4.79 Å². The van der Waals surface area contributed by atoms with E-state index in [0.29, 0.717) is 18.9 Å². The molecule has 1 atom stereocenters. The number of amides is 1. The maximum Gasteiger partial charge on any atom is 0.232 e. The van der Waals surface area contributed by atoms with Gasteiger partial charge in [0.2, 0.25) is 5.91 Å². The zero-order valence-corrected chi connectivity index (χ0v) is 15.9. The van der Waals surface area contributed by atoms with Gasteiger partial charge in [-0.3, -0.25) is 4.79 Å². The molecule has 0 saturated carbocycles. The lowest BCUT2D eigenvalue weighted by Crippen LogP contribution is -2.42. The first-order chi connectivity index (χ1) is 12.7. The van der Waals surface area contributed by atoms with Gasteiger partial charge in [0.05, 0.1) is 22.5 Å². The summed E-state index contributed by atoms with van der Waals surface area (Å²) in [6, 6.07) is 15.6. The third kappa shape index (κ3) is 3.78. The molecule has 0 spiro atoms. The number of carbonyl (C=O) groups is 1. The number of carbonyl (C=O) groups excluding carboxylic acids is 1. The lowest BCUT2D eigenvalue weighted by Gasteiger charge is -2.29. The number of thioether (sulfide) groups is 1. The van der Waals surface area contributed by atoms with Crippen molar-refractivity contribution in [1.82, 2.24) is 9.88 Å². The third-order valence-corrected chi connectivity index (χ3v) is 6.23. The van der Waals surface area contributed by atoms with Crippen LogP contribution in [0.1, 0.15) is 0 Å². The van der Waals surface area contributed by atoms with Gasteiger partial charge in [-0.2, -0.15) is 0 Å². The summed E-state index contributed by atoms with van der Waals surface area (Å²) in [5.41, 5.74) is 0.979. The largest absolute Gasteiger partial charge is 0.486 e. The van der Waals surface area contributed by atoms with Crippen LogP contribution in [0.2, 0.25) is 0 Å². The normalized spacial score (nSPS) is 15.8. The van der Waals surface area contributed by atoms with Crippen LogP contribution in [0.3, 0.4) is 0 Å². The van der Waals surface area contributed by atoms with Gasteiger partial charge < -0.3 is 14.4 Å². The second-order valence-electron chi connectivity index (χ2n) is 6.01. The summed E-state index contributed by atoms with van der Waals surface area (Å²) >= 11 is 3.09. The quantitative estimate of drug-likeness (QED) is 0.626. The van der Waals surface area contributed by atoms with Crippen molar-refractivity contribution in [1.29, 1.82) is 0 Å². The molecule has 0 fully saturated rings. The molecule has 1 amide bonds. The van der Waals surface area contributed by atoms with E-state index in [2.05, 4.69) is 4.98 Å². The lowest BCUT2D eigenvalue weighted by molar-refractivity contribution is -0.128. The number of hydrogen-bond donors (Lipinski definition) is 0. The molecule has 2 heterocycles. The van der Waals surface area contributed by atoms with Crippen molar-refractivity contribution < 1.29 is 14.3 Å². The Bertz CT molecular complexity index is 895. The molecular formula is C19H18N2O3S2. The van der Waals surface area contributed by atoms with E-state index in [1.165, 1.54) is 11.8 Å². The molecule has 5 nitrogen and oxygen atoms in total. The van der Waals surface area contributed by atoms with Crippen molar-refractivity contribution in [2.75, 3.05) is 26.0 Å². The predicted molar refractivity (Wildman–Crippen MR) is 104 cm³/mol. The first-order valence-electron chi connectivity index (χ1n) is 8.30. The number of aromatic nitrogens is 1. The van der Waals surface area contributed by atoms with Crippen LogP contribution >= 0.6 is 23.1 Å². The van der Waals surface area contributed by atoms with Gasteiger partial charge in [-0.05, 0) is 24.3 Å². The highest BCUT2D eigenvalue weighted by Gasteiger charge is 2.23. The van der Waals surface area contributed by atoms with Crippen molar-refractivity contribution >= 4 is 39.2 Å². The molecule has 1 aliphatic heterocycles. The molecule has 0 radical (unpaired) electrons. The Morgan fingerprint density at radius 3 is 2.85 bits per heavy atom. The number of benzene rings is 2. The summed E-state index contributed by atoms with van der Waals surface area (Å²) in [5, 5.41) is 0. The zero-order chi connectivity index (χ0) is 17.9. The fourth-order valence-electron chi connectivity index (χ4n) is 2.71. The van der Waals surface area contributed by atoms with Crippen LogP contribution in [0.15, 0.2) is 52.9 Å². The van der Waals surface area contributed by atoms with E-state index in [1.807, 2.05) is 48.5 Å². The Balaban J connectivity index is 1.30. The first-order valence-corrected chi connectivity index (χ1v) is 10.1. The van der Waals surface area contributed by atoms with Gasteiger partial charge in [-0.1, -0.05) is 36.0 Å². The standard InChI is InChI=1S/C19H18N2O3S2/c1-21(10-13-11-23-15-7-3-4-8-16(15)24-13)18(22)12-25-19-20-14-6-2-5-9-17(14)26-19/h2-9,13H,10-12H2,1H3. The van der Waals surface area contributed by atoms with Gasteiger partial charge in [-0.15, -0.1) is 11.3 Å². The molecule has 2 aromatic carbocycles. The summed E-state index contributed by atoms with van der Waals surface area (Å²) in [6.07, 6.45) is -0.161. The number of thiazole rings is 1. The summed E-state index contributed by atoms with van der Waals surface area (Å²) in [7, 11) is 1.80. The van der Waals surface area contributed by atoms with Crippen LogP contribution in [-0.4, -0.2) is 47.8 Å². The predicted octanol–water partition coefficient (Wildman–Crippen LogP) is 3.69. The molecule has 134 valence electrons. The van der Waals surface area contributed by atoms with Gasteiger partial charge in [0.25, 0.3) is 0 Å². The number of hydrogen-bond acceptors (Lipinski definition) is 6. The minimum Gasteiger partial charge on any atom is -0.486 e. The van der Waals surface area contributed by atoms with Gasteiger partial charge in [0, 0.05) is 7.05 Å². The molecule has 7 heteroatoms. The lowest BCUT2D eigenvalue weighted by atomic mass is 10.2. The minimum atomic E-state index is -0.161. The molecule has 1 aliphatic rings. The summed E-state index contributed by atoms with van der Waals surface area (Å²) in [5.74, 6) is 1.90. The molecule has 4 rings (SSSR count). The van der Waals surface area contributed by atoms with Crippen molar-refractivity contribution in [3.63, 3.8) is 0 Å². The van der Waals surface area contributed by atoms with Crippen LogP contribution in [0, 0.1) is 0 Å². The average molecular weight is 386 g/mol. The van der Waals surface area contributed by atoms with Crippen LogP contribution < -0.4 is 9.47 Å². The number of likely N-dealkylation sites (N-methyl/N-ethyl adjacent to an activating group) is 1. The number of rotatable bonds is 5. The van der Waals surface area contributed by atoms with E-state index >= 15 is 0 Å². The number of fused-ring (bicyclic) bond motifs is 2. The Kier molecular flexibility index (Phi) is 4.99. The fourth-order valence-corrected chi connectivity index (χ4v) is 4.72. The average Bonchev–Trinajstić information content (AvgIpc) is 3.09. The zero-order valence-electron chi connectivity index (χ0n) is 14.3. The number of ether oxygens (including phenoxy) is 2. The molecule has 1 aromatic heterocycles. The summed E-state index contributed by atoms with van der Waals surface area (Å²) in [4.78, 5) is 18.7. The molecule has 3 aromatic rings. The third-order valence-electron chi connectivity index (χ3n) is 4.06. The second-order valence-corrected chi connectivity index (χ2v) is 8.26. The molecule has 0 bridgehead atoms. The van der Waals surface area contributed by atoms with E-state index in [4.69, 9.17) is 9.47 Å². The van der Waals surface area contributed by atoms with Crippen LogP contribution in [0.25, 0.3) is 10.2 Å². The van der Waals surface area contributed by atoms with E-state index in [1.54, 1.807) is 23.3 Å². The Labute approximate surface area is 159 Å². The Morgan fingerprint density at radius 1 is 1.23 bits per heavy atom. The smallest absolute Gasteiger partial charge is 0.232 e. The van der Waals surface area contributed by atoms with Crippen molar-refractivity contribution in [3.05, 3.63) is 48.5 Å². The molecule has 26 heavy (non-hydrogen) atoms. The first kappa shape index (κ1) is 17.2. The topological polar surface area (TPSA) is 51.7 Å². The highest BCUT2D eigenvalue weighted by Crippen LogP contribution is 2.31. The highest BCUT2D eigenvalue weighted by molar-refractivity contribution is 8.01. The van der Waals surface area contributed by atoms with Gasteiger partial charge in [0.15, 0.2) is 21.9 Å². The Hall–Kier alpha value is -2.25. The van der Waals surface area contributed by atoms with Crippen molar-refractivity contribution in [2.45, 2.75) is 10.4 Å². The SMILES string of the molecule is CN(CC1COc2ccccc2O1)C(=O)CSc1nc2ccccc2s1. The molecule has 0 aliphatic carbocycles. The van der Waals surface area contributed by atoms with Crippen molar-refractivity contribution in [3.8, 4) is 11.5 Å².